The summed E-state index contributed by atoms with van der Waals surface area (Å²) >= 11 is 0. The topological polar surface area (TPSA) is 40.6 Å². The van der Waals surface area contributed by atoms with E-state index < -0.39 is 0 Å². The fourth-order valence-electron chi connectivity index (χ4n) is 4.54. The molecule has 4 aliphatic rings. The third kappa shape index (κ3) is 2.09. The Morgan fingerprint density at radius 3 is 2.10 bits per heavy atom. The quantitative estimate of drug-likeness (QED) is 0.795. The van der Waals surface area contributed by atoms with Gasteiger partial charge in [0.2, 0.25) is 11.8 Å². The highest BCUT2D eigenvalue weighted by Gasteiger charge is 2.55. The van der Waals surface area contributed by atoms with E-state index in [-0.39, 0.29) is 29.8 Å². The van der Waals surface area contributed by atoms with E-state index in [9.17, 15) is 9.59 Å². The van der Waals surface area contributed by atoms with Gasteiger partial charge in [0.25, 0.3) is 0 Å². The van der Waals surface area contributed by atoms with Gasteiger partial charge in [0, 0.05) is 12.6 Å². The molecule has 2 aliphatic heterocycles. The maximum Gasteiger partial charge on any atom is 0.246 e. The third-order valence-corrected chi connectivity index (χ3v) is 5.79. The maximum absolute atomic E-state index is 13.1. The first kappa shape index (κ1) is 13.6. The molecule has 0 aromatic rings. The monoisotopic (exact) mass is 290 g/mol. The van der Waals surface area contributed by atoms with Gasteiger partial charge in [-0.05, 0) is 56.3 Å². The first-order chi connectivity index (χ1) is 10.1. The van der Waals surface area contributed by atoms with E-state index in [0.29, 0.717) is 17.9 Å². The number of nitrogens with zero attached hydrogens (tertiary/aromatic N) is 2. The number of hydrogen-bond donors (Lipinski definition) is 0. The van der Waals surface area contributed by atoms with Crippen LogP contribution < -0.4 is 0 Å². The summed E-state index contributed by atoms with van der Waals surface area (Å²) in [4.78, 5) is 30.0. The largest absolute Gasteiger partial charge is 0.329 e. The van der Waals surface area contributed by atoms with Crippen LogP contribution in [0.5, 0.6) is 0 Å². The highest BCUT2D eigenvalue weighted by atomic mass is 16.2. The summed E-state index contributed by atoms with van der Waals surface area (Å²) in [6, 6.07) is 0.00199. The molecule has 0 N–H and O–H groups in total. The molecule has 4 heteroatoms. The Hall–Kier alpha value is -1.06. The number of amides is 2. The van der Waals surface area contributed by atoms with Gasteiger partial charge in [0.15, 0.2) is 0 Å². The second kappa shape index (κ2) is 4.72. The fourth-order valence-corrected chi connectivity index (χ4v) is 4.54. The van der Waals surface area contributed by atoms with Crippen molar-refractivity contribution < 1.29 is 9.59 Å². The molecule has 0 aromatic heterocycles. The van der Waals surface area contributed by atoms with E-state index in [4.69, 9.17) is 0 Å². The number of piperazine rings is 1. The molecule has 2 unspecified atom stereocenters. The Bertz CT molecular complexity index is 455. The Morgan fingerprint density at radius 1 is 0.952 bits per heavy atom. The second-order valence-corrected chi connectivity index (χ2v) is 7.79. The molecule has 2 amide bonds. The minimum atomic E-state index is -0.210. The van der Waals surface area contributed by atoms with Crippen LogP contribution in [0.25, 0.3) is 0 Å². The standard InChI is InChI=1S/C17H26N2O2/c1-10(2)14-17(21)18-9-3-4-13(18)16(20)19(14)15(11-5-6-11)12-7-8-12/h10-15H,3-9H2,1-2H3. The van der Waals surface area contributed by atoms with Gasteiger partial charge >= 0.3 is 0 Å². The lowest BCUT2D eigenvalue weighted by atomic mass is 9.91. The van der Waals surface area contributed by atoms with Crippen molar-refractivity contribution in [3.05, 3.63) is 0 Å². The van der Waals surface area contributed by atoms with Gasteiger partial charge in [-0.3, -0.25) is 9.59 Å². The summed E-state index contributed by atoms with van der Waals surface area (Å²) in [5, 5.41) is 0. The Labute approximate surface area is 126 Å². The van der Waals surface area contributed by atoms with Crippen molar-refractivity contribution in [2.45, 2.75) is 70.5 Å². The zero-order valence-corrected chi connectivity index (χ0v) is 13.1. The fraction of sp³-hybridized carbons (Fsp3) is 0.882. The summed E-state index contributed by atoms with van der Waals surface area (Å²) in [6.07, 6.45) is 6.85. The van der Waals surface area contributed by atoms with Crippen LogP contribution in [-0.2, 0) is 9.59 Å². The van der Waals surface area contributed by atoms with Crippen molar-refractivity contribution in [1.29, 1.82) is 0 Å². The van der Waals surface area contributed by atoms with Crippen LogP contribution >= 0.6 is 0 Å². The SMILES string of the molecule is CC(C)C1C(=O)N2CCCC2C(=O)N1C(C1CC1)C1CC1. The predicted octanol–water partition coefficient (Wildman–Crippen LogP) is 2.03. The number of fused-ring (bicyclic) bond motifs is 1. The van der Waals surface area contributed by atoms with Crippen molar-refractivity contribution in [2.75, 3.05) is 6.54 Å². The van der Waals surface area contributed by atoms with Gasteiger partial charge < -0.3 is 9.80 Å². The normalized spacial score (nSPS) is 33.3. The molecule has 2 heterocycles. The summed E-state index contributed by atoms with van der Waals surface area (Å²) in [6.45, 7) is 4.97. The Balaban J connectivity index is 1.70. The Morgan fingerprint density at radius 2 is 1.57 bits per heavy atom. The molecule has 0 spiro atoms. The third-order valence-electron chi connectivity index (χ3n) is 5.79. The minimum Gasteiger partial charge on any atom is -0.329 e. The van der Waals surface area contributed by atoms with Gasteiger partial charge in [0.05, 0.1) is 0 Å². The number of rotatable bonds is 4. The van der Waals surface area contributed by atoms with Crippen molar-refractivity contribution in [2.24, 2.45) is 17.8 Å². The molecule has 4 rings (SSSR count). The second-order valence-electron chi connectivity index (χ2n) is 7.79. The van der Waals surface area contributed by atoms with E-state index in [1.807, 2.05) is 4.90 Å². The number of hydrogen-bond acceptors (Lipinski definition) is 2. The van der Waals surface area contributed by atoms with Crippen molar-refractivity contribution in [3.63, 3.8) is 0 Å². The molecule has 2 atom stereocenters. The lowest BCUT2D eigenvalue weighted by molar-refractivity contribution is -0.165. The van der Waals surface area contributed by atoms with Crippen molar-refractivity contribution in [3.8, 4) is 0 Å². The summed E-state index contributed by atoms with van der Waals surface area (Å²) < 4.78 is 0. The lowest BCUT2D eigenvalue weighted by Crippen LogP contribution is -2.67. The zero-order chi connectivity index (χ0) is 14.7. The molecule has 116 valence electrons. The van der Waals surface area contributed by atoms with Crippen LogP contribution in [0.15, 0.2) is 0 Å². The summed E-state index contributed by atoms with van der Waals surface area (Å²) in [7, 11) is 0. The molecule has 4 fully saturated rings. The van der Waals surface area contributed by atoms with Crippen molar-refractivity contribution in [1.82, 2.24) is 9.80 Å². The van der Waals surface area contributed by atoms with Crippen LogP contribution in [0.3, 0.4) is 0 Å². The zero-order valence-electron chi connectivity index (χ0n) is 13.1. The van der Waals surface area contributed by atoms with Gasteiger partial charge in [-0.25, -0.2) is 0 Å². The van der Waals surface area contributed by atoms with Crippen LogP contribution in [0.2, 0.25) is 0 Å². The molecule has 2 saturated carbocycles. The lowest BCUT2D eigenvalue weighted by Gasteiger charge is -2.48. The van der Waals surface area contributed by atoms with E-state index in [2.05, 4.69) is 18.7 Å². The smallest absolute Gasteiger partial charge is 0.246 e. The van der Waals surface area contributed by atoms with Gasteiger partial charge in [0.1, 0.15) is 12.1 Å². The summed E-state index contributed by atoms with van der Waals surface area (Å²) in [5.74, 6) is 2.03. The first-order valence-corrected chi connectivity index (χ1v) is 8.72. The average molecular weight is 290 g/mol. The molecule has 4 nitrogen and oxygen atoms in total. The molecular formula is C17H26N2O2. The van der Waals surface area contributed by atoms with Crippen LogP contribution in [0.4, 0.5) is 0 Å². The van der Waals surface area contributed by atoms with Crippen LogP contribution in [0, 0.1) is 17.8 Å². The first-order valence-electron chi connectivity index (χ1n) is 8.72. The van der Waals surface area contributed by atoms with E-state index >= 15 is 0 Å². The molecule has 21 heavy (non-hydrogen) atoms. The maximum atomic E-state index is 13.1. The molecule has 2 aliphatic carbocycles. The minimum absolute atomic E-state index is 0.146. The van der Waals surface area contributed by atoms with Crippen LogP contribution in [-0.4, -0.2) is 46.3 Å². The Kier molecular flexibility index (Phi) is 3.05. The molecule has 0 aromatic carbocycles. The van der Waals surface area contributed by atoms with E-state index in [1.54, 1.807) is 0 Å². The number of carbonyl (C=O) groups is 2. The van der Waals surface area contributed by atoms with Gasteiger partial charge in [-0.15, -0.1) is 0 Å². The predicted molar refractivity (Wildman–Crippen MR) is 79.4 cm³/mol. The molecular weight excluding hydrogens is 264 g/mol. The molecule has 0 bridgehead atoms. The van der Waals surface area contributed by atoms with Gasteiger partial charge in [-0.2, -0.15) is 0 Å². The highest BCUT2D eigenvalue weighted by molar-refractivity contribution is 5.97. The highest BCUT2D eigenvalue weighted by Crippen LogP contribution is 2.49. The molecule has 2 saturated heterocycles. The van der Waals surface area contributed by atoms with E-state index in [0.717, 1.165) is 19.4 Å². The average Bonchev–Trinajstić information content (AvgIpc) is 3.36. The van der Waals surface area contributed by atoms with E-state index in [1.165, 1.54) is 25.7 Å². The van der Waals surface area contributed by atoms with Crippen molar-refractivity contribution >= 4 is 11.8 Å². The van der Waals surface area contributed by atoms with Crippen LogP contribution in [0.1, 0.15) is 52.4 Å². The van der Waals surface area contributed by atoms with Gasteiger partial charge in [-0.1, -0.05) is 13.8 Å². The summed E-state index contributed by atoms with van der Waals surface area (Å²) in [5.41, 5.74) is 0. The molecule has 0 radical (unpaired) electrons. The number of carbonyl (C=O) groups excluding carboxylic acids is 2.